The van der Waals surface area contributed by atoms with E-state index in [1.54, 1.807) is 12.1 Å². The molecule has 0 radical (unpaired) electrons. The minimum absolute atomic E-state index is 0.0314. The zero-order valence-corrected chi connectivity index (χ0v) is 18.2. The topological polar surface area (TPSA) is 52.7 Å². The summed E-state index contributed by atoms with van der Waals surface area (Å²) >= 11 is 0. The van der Waals surface area contributed by atoms with Gasteiger partial charge in [-0.2, -0.15) is 0 Å². The molecule has 6 heteroatoms. The second kappa shape index (κ2) is 9.18. The molecule has 2 amide bonds. The van der Waals surface area contributed by atoms with Gasteiger partial charge in [0.15, 0.2) is 0 Å². The average molecular weight is 424 g/mol. The predicted molar refractivity (Wildman–Crippen MR) is 118 cm³/mol. The van der Waals surface area contributed by atoms with Crippen molar-refractivity contribution in [1.82, 2.24) is 15.1 Å². The van der Waals surface area contributed by atoms with Crippen LogP contribution in [0.25, 0.3) is 0 Å². The molecule has 1 N–H and O–H groups in total. The molecule has 4 rings (SSSR count). The number of nitrogens with one attached hydrogen (secondary N) is 1. The molecule has 31 heavy (non-hydrogen) atoms. The van der Waals surface area contributed by atoms with Crippen molar-refractivity contribution in [3.05, 3.63) is 71.0 Å². The van der Waals surface area contributed by atoms with E-state index < -0.39 is 0 Å². The fourth-order valence-corrected chi connectivity index (χ4v) is 4.74. The largest absolute Gasteiger partial charge is 0.349 e. The molecule has 1 aliphatic heterocycles. The molecule has 164 valence electrons. The molecule has 0 spiro atoms. The van der Waals surface area contributed by atoms with Crippen LogP contribution < -0.4 is 5.32 Å². The van der Waals surface area contributed by atoms with Crippen molar-refractivity contribution in [1.29, 1.82) is 0 Å². The molecule has 1 aliphatic carbocycles. The Morgan fingerprint density at radius 1 is 0.935 bits per heavy atom. The number of aryl methyl sites for hydroxylation is 1. The molecule has 1 saturated heterocycles. The van der Waals surface area contributed by atoms with Crippen molar-refractivity contribution < 1.29 is 14.0 Å². The highest BCUT2D eigenvalue weighted by Gasteiger charge is 2.42. The van der Waals surface area contributed by atoms with E-state index in [2.05, 4.69) is 17.3 Å². The standard InChI is InChI=1S/C25H30FN3O2/c1-17-3-5-19(6-4-17)24(30)27-21-15-22(18-7-9-20(26)10-8-18)23(16-21)25(31)29-13-11-28(2)12-14-29/h3-10,21-23H,11-16H2,1-2H3,(H,27,30)/t21-,22+,23-/m0/s1. The lowest BCUT2D eigenvalue weighted by Gasteiger charge is -2.35. The minimum Gasteiger partial charge on any atom is -0.349 e. The SMILES string of the molecule is Cc1ccc(C(=O)N[C@@H]2C[C@H](C(=O)N3CCN(C)CC3)[C@@H](c3ccc(F)cc3)C2)cc1. The fourth-order valence-electron chi connectivity index (χ4n) is 4.74. The molecule has 0 unspecified atom stereocenters. The maximum atomic E-state index is 13.5. The third kappa shape index (κ3) is 4.96. The van der Waals surface area contributed by atoms with Gasteiger partial charge in [-0.25, -0.2) is 4.39 Å². The molecule has 3 atom stereocenters. The number of piperazine rings is 1. The summed E-state index contributed by atoms with van der Waals surface area (Å²) in [5.41, 5.74) is 2.69. The third-order valence-electron chi connectivity index (χ3n) is 6.64. The molecular weight excluding hydrogens is 393 g/mol. The van der Waals surface area contributed by atoms with Crippen molar-refractivity contribution >= 4 is 11.8 Å². The molecule has 2 fully saturated rings. The predicted octanol–water partition coefficient (Wildman–Crippen LogP) is 3.20. The number of rotatable bonds is 4. The zero-order valence-electron chi connectivity index (χ0n) is 18.2. The number of benzene rings is 2. The molecule has 1 saturated carbocycles. The van der Waals surface area contributed by atoms with Gasteiger partial charge in [0.1, 0.15) is 5.82 Å². The highest BCUT2D eigenvalue weighted by atomic mass is 19.1. The summed E-state index contributed by atoms with van der Waals surface area (Å²) in [5, 5.41) is 3.13. The first kappa shape index (κ1) is 21.5. The van der Waals surface area contributed by atoms with Gasteiger partial charge >= 0.3 is 0 Å². The lowest BCUT2D eigenvalue weighted by Crippen LogP contribution is -2.49. The Balaban J connectivity index is 1.51. The van der Waals surface area contributed by atoms with Crippen LogP contribution >= 0.6 is 0 Å². The lowest BCUT2D eigenvalue weighted by atomic mass is 9.87. The van der Waals surface area contributed by atoms with Crippen LogP contribution in [0.3, 0.4) is 0 Å². The summed E-state index contributed by atoms with van der Waals surface area (Å²) < 4.78 is 13.5. The molecular formula is C25H30FN3O2. The van der Waals surface area contributed by atoms with Gasteiger partial charge in [-0.1, -0.05) is 29.8 Å². The average Bonchev–Trinajstić information content (AvgIpc) is 3.18. The Morgan fingerprint density at radius 2 is 1.58 bits per heavy atom. The van der Waals surface area contributed by atoms with Crippen molar-refractivity contribution in [2.75, 3.05) is 33.2 Å². The molecule has 1 heterocycles. The molecule has 2 aromatic carbocycles. The van der Waals surface area contributed by atoms with Crippen molar-refractivity contribution in [2.24, 2.45) is 5.92 Å². The minimum atomic E-state index is -0.284. The van der Waals surface area contributed by atoms with Crippen molar-refractivity contribution in [3.8, 4) is 0 Å². The van der Waals surface area contributed by atoms with Gasteiger partial charge in [0.25, 0.3) is 5.91 Å². The van der Waals surface area contributed by atoms with Crippen LogP contribution in [0, 0.1) is 18.7 Å². The van der Waals surface area contributed by atoms with E-state index in [0.29, 0.717) is 18.4 Å². The number of hydrogen-bond donors (Lipinski definition) is 1. The van der Waals surface area contributed by atoms with Crippen LogP contribution in [0.2, 0.25) is 0 Å². The van der Waals surface area contributed by atoms with E-state index >= 15 is 0 Å². The van der Waals surface area contributed by atoms with Gasteiger partial charge in [-0.05, 0) is 62.6 Å². The summed E-state index contributed by atoms with van der Waals surface area (Å²) in [6.45, 7) is 5.17. The van der Waals surface area contributed by atoms with Gasteiger partial charge in [0.2, 0.25) is 5.91 Å². The first-order valence-corrected chi connectivity index (χ1v) is 11.0. The van der Waals surface area contributed by atoms with E-state index in [-0.39, 0.29) is 35.5 Å². The quantitative estimate of drug-likeness (QED) is 0.822. The van der Waals surface area contributed by atoms with Crippen LogP contribution in [0.15, 0.2) is 48.5 Å². The Bertz CT molecular complexity index is 921. The number of halogens is 1. The number of carbonyl (C=O) groups is 2. The Morgan fingerprint density at radius 3 is 2.23 bits per heavy atom. The van der Waals surface area contributed by atoms with E-state index in [0.717, 1.165) is 37.3 Å². The first-order chi connectivity index (χ1) is 14.9. The van der Waals surface area contributed by atoms with Gasteiger partial charge in [-0.15, -0.1) is 0 Å². The summed E-state index contributed by atoms with van der Waals surface area (Å²) in [6.07, 6.45) is 1.28. The van der Waals surface area contributed by atoms with Crippen LogP contribution in [-0.2, 0) is 4.79 Å². The Labute approximate surface area is 183 Å². The first-order valence-electron chi connectivity index (χ1n) is 11.0. The molecule has 0 bridgehead atoms. The molecule has 0 aromatic heterocycles. The monoisotopic (exact) mass is 423 g/mol. The number of likely N-dealkylation sites (N-methyl/N-ethyl adjacent to an activating group) is 1. The summed E-state index contributed by atoms with van der Waals surface area (Å²) in [5.74, 6) is -0.494. The third-order valence-corrected chi connectivity index (χ3v) is 6.64. The highest BCUT2D eigenvalue weighted by molar-refractivity contribution is 5.94. The lowest BCUT2D eigenvalue weighted by molar-refractivity contribution is -0.137. The van der Waals surface area contributed by atoms with E-state index in [1.165, 1.54) is 12.1 Å². The normalized spacial score (nSPS) is 24.2. The van der Waals surface area contributed by atoms with Crippen molar-refractivity contribution in [3.63, 3.8) is 0 Å². The van der Waals surface area contributed by atoms with Crippen LogP contribution in [0.4, 0.5) is 4.39 Å². The Hall–Kier alpha value is -2.73. The second-order valence-electron chi connectivity index (χ2n) is 8.90. The summed E-state index contributed by atoms with van der Waals surface area (Å²) in [4.78, 5) is 30.3. The molecule has 2 aliphatic rings. The maximum Gasteiger partial charge on any atom is 0.251 e. The number of carbonyl (C=O) groups excluding carboxylic acids is 2. The van der Waals surface area contributed by atoms with Gasteiger partial charge < -0.3 is 15.1 Å². The van der Waals surface area contributed by atoms with Gasteiger partial charge in [-0.3, -0.25) is 9.59 Å². The van der Waals surface area contributed by atoms with Crippen LogP contribution in [-0.4, -0.2) is 60.9 Å². The number of nitrogens with zero attached hydrogens (tertiary/aromatic N) is 2. The van der Waals surface area contributed by atoms with E-state index in [1.807, 2.05) is 36.1 Å². The smallest absolute Gasteiger partial charge is 0.251 e. The maximum absolute atomic E-state index is 13.5. The van der Waals surface area contributed by atoms with Gasteiger partial charge in [0.05, 0.1) is 0 Å². The molecule has 2 aromatic rings. The second-order valence-corrected chi connectivity index (χ2v) is 8.90. The summed E-state index contributed by atoms with van der Waals surface area (Å²) in [6, 6.07) is 13.8. The summed E-state index contributed by atoms with van der Waals surface area (Å²) in [7, 11) is 2.06. The van der Waals surface area contributed by atoms with Gasteiger partial charge in [0, 0.05) is 43.7 Å². The van der Waals surface area contributed by atoms with Crippen LogP contribution in [0.1, 0.15) is 40.2 Å². The number of hydrogen-bond acceptors (Lipinski definition) is 3. The number of amides is 2. The van der Waals surface area contributed by atoms with Crippen LogP contribution in [0.5, 0.6) is 0 Å². The van der Waals surface area contributed by atoms with E-state index in [9.17, 15) is 14.0 Å². The fraction of sp³-hybridized carbons (Fsp3) is 0.440. The Kier molecular flexibility index (Phi) is 6.37. The van der Waals surface area contributed by atoms with E-state index in [4.69, 9.17) is 0 Å². The highest BCUT2D eigenvalue weighted by Crippen LogP contribution is 2.41. The zero-order chi connectivity index (χ0) is 22.0. The molecule has 5 nitrogen and oxygen atoms in total. The van der Waals surface area contributed by atoms with Crippen molar-refractivity contribution in [2.45, 2.75) is 31.7 Å².